The monoisotopic (exact) mass is 325 g/mol. The number of amides is 1. The number of hydrogen-bond donors (Lipinski definition) is 2. The molecular formula is C18H15NO5. The van der Waals surface area contributed by atoms with E-state index >= 15 is 0 Å². The number of benzene rings is 2. The number of fused-ring (bicyclic) bond motifs is 1. The van der Waals surface area contributed by atoms with Crippen LogP contribution in [-0.4, -0.2) is 28.1 Å². The standard InChI is InChI=1S/C18H15NO5/c1-18(16(21)22,17(23)24)12-6-8-13(9-7-12)19-10-11-4-2-3-5-14(11)15(19)20/h2-9H,10H2,1H3,(H,21,22)(H,23,24). The van der Waals surface area contributed by atoms with Crippen LogP contribution in [0.25, 0.3) is 0 Å². The van der Waals surface area contributed by atoms with Gasteiger partial charge >= 0.3 is 11.9 Å². The zero-order chi connectivity index (χ0) is 17.5. The third-order valence-electron chi connectivity index (χ3n) is 4.43. The Balaban J connectivity index is 1.93. The lowest BCUT2D eigenvalue weighted by Gasteiger charge is -2.22. The number of rotatable bonds is 4. The van der Waals surface area contributed by atoms with Crippen molar-refractivity contribution in [1.29, 1.82) is 0 Å². The van der Waals surface area contributed by atoms with Gasteiger partial charge in [0.2, 0.25) is 0 Å². The number of anilines is 1. The van der Waals surface area contributed by atoms with E-state index in [1.165, 1.54) is 12.1 Å². The summed E-state index contributed by atoms with van der Waals surface area (Å²) in [4.78, 5) is 36.7. The summed E-state index contributed by atoms with van der Waals surface area (Å²) in [6, 6.07) is 13.3. The van der Waals surface area contributed by atoms with Crippen LogP contribution in [0.3, 0.4) is 0 Å². The van der Waals surface area contributed by atoms with Crippen LogP contribution in [-0.2, 0) is 21.5 Å². The van der Waals surface area contributed by atoms with Gasteiger partial charge in [0.15, 0.2) is 5.41 Å². The van der Waals surface area contributed by atoms with Crippen molar-refractivity contribution >= 4 is 23.5 Å². The van der Waals surface area contributed by atoms with Crippen LogP contribution in [0.1, 0.15) is 28.4 Å². The summed E-state index contributed by atoms with van der Waals surface area (Å²) in [5.74, 6) is -3.00. The average molecular weight is 325 g/mol. The summed E-state index contributed by atoms with van der Waals surface area (Å²) in [6.07, 6.45) is 0. The average Bonchev–Trinajstić information content (AvgIpc) is 2.91. The van der Waals surface area contributed by atoms with Gasteiger partial charge in [0.25, 0.3) is 5.91 Å². The van der Waals surface area contributed by atoms with Crippen molar-refractivity contribution in [3.05, 3.63) is 65.2 Å². The number of carbonyl (C=O) groups excluding carboxylic acids is 1. The van der Waals surface area contributed by atoms with E-state index in [-0.39, 0.29) is 11.5 Å². The Morgan fingerprint density at radius 1 is 1.00 bits per heavy atom. The Hall–Kier alpha value is -3.15. The molecule has 1 heterocycles. The molecule has 0 atom stereocenters. The summed E-state index contributed by atoms with van der Waals surface area (Å²) < 4.78 is 0. The third kappa shape index (κ3) is 2.23. The van der Waals surface area contributed by atoms with Crippen LogP contribution < -0.4 is 4.90 Å². The van der Waals surface area contributed by atoms with Gasteiger partial charge in [-0.1, -0.05) is 30.3 Å². The highest BCUT2D eigenvalue weighted by atomic mass is 16.4. The molecule has 0 spiro atoms. The zero-order valence-electron chi connectivity index (χ0n) is 12.9. The minimum Gasteiger partial charge on any atom is -0.480 e. The van der Waals surface area contributed by atoms with E-state index in [0.717, 1.165) is 12.5 Å². The number of hydrogen-bond acceptors (Lipinski definition) is 3. The highest BCUT2D eigenvalue weighted by molar-refractivity contribution is 6.10. The fourth-order valence-corrected chi connectivity index (χ4v) is 2.78. The van der Waals surface area contributed by atoms with Crippen molar-refractivity contribution in [3.8, 4) is 0 Å². The second-order valence-corrected chi connectivity index (χ2v) is 5.83. The van der Waals surface area contributed by atoms with E-state index in [0.29, 0.717) is 17.8 Å². The third-order valence-corrected chi connectivity index (χ3v) is 4.43. The van der Waals surface area contributed by atoms with Gasteiger partial charge in [-0.2, -0.15) is 0 Å². The molecular weight excluding hydrogens is 310 g/mol. The van der Waals surface area contributed by atoms with E-state index in [1.807, 2.05) is 12.1 Å². The summed E-state index contributed by atoms with van der Waals surface area (Å²) in [7, 11) is 0. The van der Waals surface area contributed by atoms with E-state index < -0.39 is 17.4 Å². The first-order valence-electron chi connectivity index (χ1n) is 7.33. The molecule has 2 aromatic rings. The molecule has 0 saturated heterocycles. The van der Waals surface area contributed by atoms with Gasteiger partial charge in [-0.05, 0) is 36.2 Å². The molecule has 1 aliphatic heterocycles. The molecule has 1 aliphatic rings. The molecule has 6 heteroatoms. The van der Waals surface area contributed by atoms with Crippen molar-refractivity contribution in [2.45, 2.75) is 18.9 Å². The van der Waals surface area contributed by atoms with Crippen molar-refractivity contribution in [1.82, 2.24) is 0 Å². The molecule has 0 radical (unpaired) electrons. The fraction of sp³-hybridized carbons (Fsp3) is 0.167. The van der Waals surface area contributed by atoms with E-state index in [4.69, 9.17) is 0 Å². The van der Waals surface area contributed by atoms with E-state index in [2.05, 4.69) is 0 Å². The molecule has 0 saturated carbocycles. The maximum Gasteiger partial charge on any atom is 0.325 e. The van der Waals surface area contributed by atoms with Gasteiger partial charge in [-0.25, -0.2) is 0 Å². The number of carboxylic acid groups (broad SMARTS) is 2. The molecule has 0 aromatic heterocycles. The Morgan fingerprint density at radius 2 is 1.58 bits per heavy atom. The highest BCUT2D eigenvalue weighted by Gasteiger charge is 2.43. The molecule has 24 heavy (non-hydrogen) atoms. The summed E-state index contributed by atoms with van der Waals surface area (Å²) >= 11 is 0. The Kier molecular flexibility index (Phi) is 3.60. The van der Waals surface area contributed by atoms with Crippen molar-refractivity contribution < 1.29 is 24.6 Å². The first kappa shape index (κ1) is 15.7. The maximum absolute atomic E-state index is 12.4. The van der Waals surface area contributed by atoms with Crippen LogP contribution >= 0.6 is 0 Å². The lowest BCUT2D eigenvalue weighted by Crippen LogP contribution is -2.40. The Morgan fingerprint density at radius 3 is 2.12 bits per heavy atom. The second-order valence-electron chi connectivity index (χ2n) is 5.83. The second kappa shape index (κ2) is 5.49. The zero-order valence-corrected chi connectivity index (χ0v) is 12.9. The number of carboxylic acids is 2. The molecule has 0 fully saturated rings. The molecule has 2 aromatic carbocycles. The quantitative estimate of drug-likeness (QED) is 0.841. The molecule has 1 amide bonds. The van der Waals surface area contributed by atoms with Gasteiger partial charge in [0, 0.05) is 11.3 Å². The predicted octanol–water partition coefficient (Wildman–Crippen LogP) is 2.27. The van der Waals surface area contributed by atoms with Crippen LogP contribution in [0, 0.1) is 0 Å². The van der Waals surface area contributed by atoms with Gasteiger partial charge in [-0.15, -0.1) is 0 Å². The van der Waals surface area contributed by atoms with Crippen LogP contribution in [0.4, 0.5) is 5.69 Å². The van der Waals surface area contributed by atoms with Crippen LogP contribution in [0.2, 0.25) is 0 Å². The van der Waals surface area contributed by atoms with Gasteiger partial charge < -0.3 is 15.1 Å². The molecule has 2 N–H and O–H groups in total. The number of nitrogens with zero attached hydrogens (tertiary/aromatic N) is 1. The Bertz CT molecular complexity index is 827. The largest absolute Gasteiger partial charge is 0.480 e. The normalized spacial score (nSPS) is 13.7. The smallest absolute Gasteiger partial charge is 0.325 e. The SMILES string of the molecule is CC(C(=O)O)(C(=O)O)c1ccc(N2Cc3ccccc3C2=O)cc1. The van der Waals surface area contributed by atoms with Gasteiger partial charge in [0.05, 0.1) is 6.54 Å². The van der Waals surface area contributed by atoms with Gasteiger partial charge in [0.1, 0.15) is 0 Å². The molecule has 0 aliphatic carbocycles. The number of aliphatic carboxylic acids is 2. The highest BCUT2D eigenvalue weighted by Crippen LogP contribution is 2.31. The van der Waals surface area contributed by atoms with Crippen LogP contribution in [0.5, 0.6) is 0 Å². The molecule has 6 nitrogen and oxygen atoms in total. The Labute approximate surface area is 138 Å². The van der Waals surface area contributed by atoms with Crippen molar-refractivity contribution in [2.75, 3.05) is 4.90 Å². The molecule has 122 valence electrons. The van der Waals surface area contributed by atoms with E-state index in [9.17, 15) is 24.6 Å². The summed E-state index contributed by atoms with van der Waals surface area (Å²) in [6.45, 7) is 1.58. The minimum atomic E-state index is -2.03. The molecule has 0 unspecified atom stereocenters. The first-order valence-corrected chi connectivity index (χ1v) is 7.33. The van der Waals surface area contributed by atoms with Crippen molar-refractivity contribution in [2.24, 2.45) is 0 Å². The molecule has 3 rings (SSSR count). The first-order chi connectivity index (χ1) is 11.4. The van der Waals surface area contributed by atoms with Crippen LogP contribution in [0.15, 0.2) is 48.5 Å². The van der Waals surface area contributed by atoms with Gasteiger partial charge in [-0.3, -0.25) is 14.4 Å². The fourth-order valence-electron chi connectivity index (χ4n) is 2.78. The number of carbonyl (C=O) groups is 3. The van der Waals surface area contributed by atoms with E-state index in [1.54, 1.807) is 29.2 Å². The lowest BCUT2D eigenvalue weighted by atomic mass is 9.82. The van der Waals surface area contributed by atoms with Crippen molar-refractivity contribution in [3.63, 3.8) is 0 Å². The summed E-state index contributed by atoms with van der Waals surface area (Å²) in [5.41, 5.74) is 0.278. The lowest BCUT2D eigenvalue weighted by molar-refractivity contribution is -0.156. The molecule has 0 bridgehead atoms. The maximum atomic E-state index is 12.4. The predicted molar refractivity (Wildman–Crippen MR) is 86.0 cm³/mol. The topological polar surface area (TPSA) is 94.9 Å². The minimum absolute atomic E-state index is 0.127. The summed E-state index contributed by atoms with van der Waals surface area (Å²) in [5, 5.41) is 18.5.